The molecule has 1 rings (SSSR count). The molecular formula is C7H4Cl2FNO3. The lowest BCUT2D eigenvalue weighted by Crippen LogP contribution is -1.94. The van der Waals surface area contributed by atoms with Crippen LogP contribution in [-0.2, 0) is 0 Å². The highest BCUT2D eigenvalue weighted by molar-refractivity contribution is 6.44. The highest BCUT2D eigenvalue weighted by Crippen LogP contribution is 2.38. The first kappa shape index (κ1) is 11.0. The van der Waals surface area contributed by atoms with E-state index < -0.39 is 11.8 Å². The highest BCUT2D eigenvalue weighted by Gasteiger charge is 2.18. The third-order valence-corrected chi connectivity index (χ3v) is 2.29. The lowest BCUT2D eigenvalue weighted by molar-refractivity contribution is -0.384. The number of nitro benzene ring substituents is 1. The zero-order valence-electron chi connectivity index (χ0n) is 6.67. The maximum atomic E-state index is 11.8. The molecule has 0 aliphatic carbocycles. The van der Waals surface area contributed by atoms with Gasteiger partial charge in [0.1, 0.15) is 15.8 Å². The van der Waals surface area contributed by atoms with E-state index in [1.807, 2.05) is 0 Å². The summed E-state index contributed by atoms with van der Waals surface area (Å²) < 4.78 is 16.2. The van der Waals surface area contributed by atoms with Crippen LogP contribution >= 0.6 is 23.2 Å². The fourth-order valence-electron chi connectivity index (χ4n) is 0.833. The van der Waals surface area contributed by atoms with Crippen molar-refractivity contribution in [3.05, 3.63) is 32.3 Å². The van der Waals surface area contributed by atoms with E-state index in [4.69, 9.17) is 23.2 Å². The molecule has 0 amide bonds. The molecule has 0 spiro atoms. The Labute approximate surface area is 88.3 Å². The van der Waals surface area contributed by atoms with Crippen molar-refractivity contribution in [3.8, 4) is 5.75 Å². The van der Waals surface area contributed by atoms with Gasteiger partial charge in [0.2, 0.25) is 6.86 Å². The molecule has 0 atom stereocenters. The van der Waals surface area contributed by atoms with Gasteiger partial charge in [-0.25, -0.2) is 4.39 Å². The van der Waals surface area contributed by atoms with Gasteiger partial charge in [-0.2, -0.15) is 0 Å². The molecule has 0 bridgehead atoms. The largest absolute Gasteiger partial charge is 0.461 e. The first-order valence-electron chi connectivity index (χ1n) is 3.39. The minimum atomic E-state index is -1.08. The van der Waals surface area contributed by atoms with E-state index in [9.17, 15) is 14.5 Å². The number of ether oxygens (including phenoxy) is 1. The predicted octanol–water partition coefficient (Wildman–Crippen LogP) is 3.21. The monoisotopic (exact) mass is 239 g/mol. The first-order chi connectivity index (χ1) is 6.57. The SMILES string of the molecule is O=[N+]([O-])c1ccc(OCF)c(Cl)c1Cl. The van der Waals surface area contributed by atoms with Gasteiger partial charge in [-0.3, -0.25) is 10.1 Å². The van der Waals surface area contributed by atoms with Crippen LogP contribution in [0.2, 0.25) is 10.0 Å². The molecule has 0 aliphatic heterocycles. The lowest BCUT2D eigenvalue weighted by Gasteiger charge is -2.04. The van der Waals surface area contributed by atoms with Gasteiger partial charge in [0.25, 0.3) is 5.69 Å². The summed E-state index contributed by atoms with van der Waals surface area (Å²) in [7, 11) is 0. The number of benzene rings is 1. The second-order valence-corrected chi connectivity index (χ2v) is 2.98. The molecule has 0 aromatic heterocycles. The minimum absolute atomic E-state index is 0.0234. The van der Waals surface area contributed by atoms with Crippen molar-refractivity contribution in [1.82, 2.24) is 0 Å². The van der Waals surface area contributed by atoms with E-state index in [1.165, 1.54) is 6.07 Å². The van der Waals surface area contributed by atoms with E-state index in [-0.39, 0.29) is 21.5 Å². The quantitative estimate of drug-likeness (QED) is 0.602. The van der Waals surface area contributed by atoms with Crippen molar-refractivity contribution >= 4 is 28.9 Å². The second kappa shape index (κ2) is 4.43. The topological polar surface area (TPSA) is 52.4 Å². The Morgan fingerprint density at radius 1 is 1.43 bits per heavy atom. The Morgan fingerprint density at radius 2 is 2.07 bits per heavy atom. The average Bonchev–Trinajstić information content (AvgIpc) is 2.13. The van der Waals surface area contributed by atoms with Gasteiger partial charge in [0.05, 0.1) is 4.92 Å². The van der Waals surface area contributed by atoms with Crippen molar-refractivity contribution in [1.29, 1.82) is 0 Å². The fourth-order valence-corrected chi connectivity index (χ4v) is 1.27. The van der Waals surface area contributed by atoms with E-state index >= 15 is 0 Å². The smallest absolute Gasteiger partial charge is 0.289 e. The first-order valence-corrected chi connectivity index (χ1v) is 4.14. The molecule has 14 heavy (non-hydrogen) atoms. The van der Waals surface area contributed by atoms with Gasteiger partial charge in [0, 0.05) is 6.07 Å². The standard InChI is InChI=1S/C7H4Cl2FNO3/c8-6-4(11(12)13)1-2-5(7(6)9)14-3-10/h1-2H,3H2. The summed E-state index contributed by atoms with van der Waals surface area (Å²) in [6.45, 7) is -1.08. The van der Waals surface area contributed by atoms with Crippen molar-refractivity contribution in [3.63, 3.8) is 0 Å². The number of alkyl halides is 1. The van der Waals surface area contributed by atoms with Gasteiger partial charge in [0.15, 0.2) is 0 Å². The Bertz CT molecular complexity index is 372. The van der Waals surface area contributed by atoms with Gasteiger partial charge in [-0.1, -0.05) is 23.2 Å². The molecule has 0 saturated carbocycles. The Morgan fingerprint density at radius 3 is 2.57 bits per heavy atom. The zero-order chi connectivity index (χ0) is 10.7. The van der Waals surface area contributed by atoms with Crippen molar-refractivity contribution in [2.24, 2.45) is 0 Å². The van der Waals surface area contributed by atoms with Crippen LogP contribution < -0.4 is 4.74 Å². The summed E-state index contributed by atoms with van der Waals surface area (Å²) in [6.07, 6.45) is 0. The predicted molar refractivity (Wildman–Crippen MR) is 49.7 cm³/mol. The van der Waals surface area contributed by atoms with Crippen molar-refractivity contribution in [2.75, 3.05) is 6.86 Å². The summed E-state index contributed by atoms with van der Waals surface area (Å²) in [6, 6.07) is 2.28. The molecule has 76 valence electrons. The molecule has 0 saturated heterocycles. The molecule has 0 N–H and O–H groups in total. The zero-order valence-corrected chi connectivity index (χ0v) is 8.18. The van der Waals surface area contributed by atoms with E-state index in [0.717, 1.165) is 6.07 Å². The number of hydrogen-bond acceptors (Lipinski definition) is 3. The lowest BCUT2D eigenvalue weighted by atomic mass is 10.3. The maximum absolute atomic E-state index is 11.8. The van der Waals surface area contributed by atoms with Crippen LogP contribution in [0.4, 0.5) is 10.1 Å². The Kier molecular flexibility index (Phi) is 3.49. The normalized spacial score (nSPS) is 9.93. The van der Waals surface area contributed by atoms with Crippen LogP contribution in [0.3, 0.4) is 0 Å². The summed E-state index contributed by atoms with van der Waals surface area (Å²) in [5.74, 6) is -0.0234. The summed E-state index contributed by atoms with van der Waals surface area (Å²) >= 11 is 11.1. The average molecular weight is 240 g/mol. The minimum Gasteiger partial charge on any atom is -0.461 e. The Balaban J connectivity index is 3.19. The van der Waals surface area contributed by atoms with Gasteiger partial charge >= 0.3 is 0 Å². The molecular weight excluding hydrogens is 236 g/mol. The molecule has 0 radical (unpaired) electrons. The number of nitro groups is 1. The highest BCUT2D eigenvalue weighted by atomic mass is 35.5. The second-order valence-electron chi connectivity index (χ2n) is 2.22. The van der Waals surface area contributed by atoms with Crippen LogP contribution in [0.15, 0.2) is 12.1 Å². The van der Waals surface area contributed by atoms with Crippen molar-refractivity contribution < 1.29 is 14.1 Å². The Hall–Kier alpha value is -1.07. The molecule has 7 heteroatoms. The third kappa shape index (κ3) is 2.05. The number of nitrogens with zero attached hydrogens (tertiary/aromatic N) is 1. The molecule has 0 heterocycles. The molecule has 1 aromatic rings. The molecule has 0 unspecified atom stereocenters. The van der Waals surface area contributed by atoms with Gasteiger partial charge in [-0.15, -0.1) is 0 Å². The van der Waals surface area contributed by atoms with Gasteiger partial charge in [-0.05, 0) is 6.07 Å². The molecule has 4 nitrogen and oxygen atoms in total. The number of halogens is 3. The molecule has 1 aromatic carbocycles. The third-order valence-electron chi connectivity index (χ3n) is 1.43. The van der Waals surface area contributed by atoms with Crippen LogP contribution in [0.25, 0.3) is 0 Å². The summed E-state index contributed by atoms with van der Waals surface area (Å²) in [5.41, 5.74) is -0.345. The summed E-state index contributed by atoms with van der Waals surface area (Å²) in [5, 5.41) is 9.96. The van der Waals surface area contributed by atoms with Crippen LogP contribution in [0.1, 0.15) is 0 Å². The maximum Gasteiger partial charge on any atom is 0.289 e. The number of rotatable bonds is 3. The van der Waals surface area contributed by atoms with E-state index in [1.54, 1.807) is 0 Å². The van der Waals surface area contributed by atoms with Crippen LogP contribution in [0.5, 0.6) is 5.75 Å². The van der Waals surface area contributed by atoms with Crippen LogP contribution in [-0.4, -0.2) is 11.8 Å². The molecule has 0 fully saturated rings. The van der Waals surface area contributed by atoms with Crippen molar-refractivity contribution in [2.45, 2.75) is 0 Å². The van der Waals surface area contributed by atoms with Gasteiger partial charge < -0.3 is 4.74 Å². The van der Waals surface area contributed by atoms with Crippen LogP contribution in [0, 0.1) is 10.1 Å². The summed E-state index contributed by atoms with van der Waals surface area (Å²) in [4.78, 5) is 9.70. The molecule has 0 aliphatic rings. The van der Waals surface area contributed by atoms with E-state index in [2.05, 4.69) is 4.74 Å². The van der Waals surface area contributed by atoms with E-state index in [0.29, 0.717) is 0 Å². The number of hydrogen-bond donors (Lipinski definition) is 0. The fraction of sp³-hybridized carbons (Fsp3) is 0.143.